The van der Waals surface area contributed by atoms with Crippen molar-refractivity contribution in [3.8, 4) is 22.7 Å². The quantitative estimate of drug-likeness (QED) is 0.169. The molecule has 2 unspecified atom stereocenters. The number of aromatic nitrogens is 2. The van der Waals surface area contributed by atoms with Gasteiger partial charge in [-0.25, -0.2) is 9.37 Å². The first-order chi connectivity index (χ1) is 19.5. The average molecular weight is 543 g/mol. The van der Waals surface area contributed by atoms with Crippen molar-refractivity contribution >= 4 is 5.78 Å². The third-order valence-electron chi connectivity index (χ3n) is 8.03. The Morgan fingerprint density at radius 3 is 2.38 bits per heavy atom. The molecule has 3 aromatic rings. The number of allylic oxidation sites excluding steroid dienone is 4. The number of hydrogen-bond donors (Lipinski definition) is 0. The monoisotopic (exact) mass is 542 g/mol. The summed E-state index contributed by atoms with van der Waals surface area (Å²) in [5, 5.41) is 0. The second-order valence-electron chi connectivity index (χ2n) is 11.0. The minimum Gasteiger partial charge on any atom is -0.497 e. The number of rotatable bonds is 12. The zero-order chi connectivity index (χ0) is 28.3. The van der Waals surface area contributed by atoms with Crippen molar-refractivity contribution in [2.24, 2.45) is 11.8 Å². The topological polar surface area (TPSA) is 44.1 Å². The van der Waals surface area contributed by atoms with Crippen LogP contribution in [0.15, 0.2) is 78.5 Å². The predicted molar refractivity (Wildman–Crippen MR) is 161 cm³/mol. The van der Waals surface area contributed by atoms with Gasteiger partial charge >= 0.3 is 0 Å². The largest absolute Gasteiger partial charge is 0.497 e. The van der Waals surface area contributed by atoms with Crippen molar-refractivity contribution in [1.29, 1.82) is 0 Å². The van der Waals surface area contributed by atoms with Gasteiger partial charge in [-0.3, -0.25) is 4.79 Å². The smallest absolute Gasteiger partial charge is 0.140 e. The number of imidazole rings is 1. The molecule has 0 N–H and O–H groups in total. The molecule has 212 valence electrons. The number of ketones is 1. The Hall–Kier alpha value is -3.47. The van der Waals surface area contributed by atoms with Gasteiger partial charge < -0.3 is 9.30 Å². The Bertz CT molecular complexity index is 1290. The van der Waals surface area contributed by atoms with Crippen molar-refractivity contribution in [2.45, 2.75) is 78.1 Å². The van der Waals surface area contributed by atoms with Crippen LogP contribution in [0.5, 0.6) is 5.75 Å². The molecule has 0 saturated heterocycles. The van der Waals surface area contributed by atoms with Crippen molar-refractivity contribution in [2.75, 3.05) is 7.11 Å². The Morgan fingerprint density at radius 1 is 1.02 bits per heavy atom. The second-order valence-corrected chi connectivity index (χ2v) is 11.0. The maximum Gasteiger partial charge on any atom is 0.140 e. The molecule has 4 nitrogen and oxygen atoms in total. The summed E-state index contributed by atoms with van der Waals surface area (Å²) in [4.78, 5) is 18.2. The minimum absolute atomic E-state index is 0.218. The normalized spacial score (nSPS) is 18.1. The maximum absolute atomic E-state index is 13.6. The standard InChI is InChI=1S/C35H43FN2O2/c1-4-6-7-9-26(5-2)22-27-10-8-11-28(13-12-27)23-32(39)24-35-37-34(29-14-20-33(40-3)21-15-29)25-38(35)31-18-16-30(36)17-19-31/h5,7,9,14-21,25,27-28H,4,6,8,10-13,22-24H2,1-3H3. The van der Waals surface area contributed by atoms with E-state index in [-0.39, 0.29) is 18.0 Å². The van der Waals surface area contributed by atoms with Gasteiger partial charge in [0, 0.05) is 23.9 Å². The fraction of sp³-hybridized carbons (Fsp3) is 0.429. The van der Waals surface area contributed by atoms with Crippen LogP contribution in [0, 0.1) is 17.7 Å². The van der Waals surface area contributed by atoms with E-state index in [0.29, 0.717) is 24.1 Å². The molecule has 0 aliphatic heterocycles. The van der Waals surface area contributed by atoms with Crippen molar-refractivity contribution in [3.05, 3.63) is 90.2 Å². The first-order valence-electron chi connectivity index (χ1n) is 14.8. The summed E-state index contributed by atoms with van der Waals surface area (Å²) >= 11 is 0. The lowest BCUT2D eigenvalue weighted by atomic mass is 9.90. The molecular weight excluding hydrogens is 499 g/mol. The van der Waals surface area contributed by atoms with Crippen LogP contribution in [0.3, 0.4) is 0 Å². The highest BCUT2D eigenvalue weighted by molar-refractivity contribution is 5.81. The molecule has 4 rings (SSSR count). The van der Waals surface area contributed by atoms with Gasteiger partial charge in [0.05, 0.1) is 19.2 Å². The highest BCUT2D eigenvalue weighted by Gasteiger charge is 2.23. The lowest BCUT2D eigenvalue weighted by Gasteiger charge is -2.16. The first-order valence-corrected chi connectivity index (χ1v) is 14.8. The summed E-state index contributed by atoms with van der Waals surface area (Å²) in [6.45, 7) is 4.35. The van der Waals surface area contributed by atoms with Gasteiger partial charge in [0.15, 0.2) is 0 Å². The van der Waals surface area contributed by atoms with Crippen LogP contribution in [-0.2, 0) is 11.2 Å². The zero-order valence-electron chi connectivity index (χ0n) is 24.2. The van der Waals surface area contributed by atoms with Crippen LogP contribution in [0.2, 0.25) is 0 Å². The first kappa shape index (κ1) is 29.5. The van der Waals surface area contributed by atoms with Crippen LogP contribution in [-0.4, -0.2) is 22.4 Å². The molecule has 0 amide bonds. The van der Waals surface area contributed by atoms with E-state index >= 15 is 0 Å². The number of methoxy groups -OCH3 is 1. The fourth-order valence-corrected chi connectivity index (χ4v) is 5.72. The van der Waals surface area contributed by atoms with E-state index in [1.54, 1.807) is 19.2 Å². The maximum atomic E-state index is 13.6. The van der Waals surface area contributed by atoms with Crippen LogP contribution >= 0.6 is 0 Å². The van der Waals surface area contributed by atoms with Gasteiger partial charge in [-0.05, 0) is 93.0 Å². The number of halogens is 1. The highest BCUT2D eigenvalue weighted by atomic mass is 19.1. The van der Waals surface area contributed by atoms with Crippen LogP contribution in [0.1, 0.15) is 77.5 Å². The number of Topliss-reactive ketones (excluding diaryl/α,β-unsaturated/α-hetero) is 1. The Labute approximate surface area is 239 Å². The van der Waals surface area contributed by atoms with Crippen LogP contribution in [0.4, 0.5) is 4.39 Å². The number of hydrogen-bond acceptors (Lipinski definition) is 3. The van der Waals surface area contributed by atoms with E-state index in [2.05, 4.69) is 32.1 Å². The van der Waals surface area contributed by atoms with Gasteiger partial charge in [0.2, 0.25) is 0 Å². The van der Waals surface area contributed by atoms with E-state index in [1.165, 1.54) is 43.4 Å². The molecule has 0 radical (unpaired) electrons. The van der Waals surface area contributed by atoms with E-state index in [4.69, 9.17) is 9.72 Å². The lowest BCUT2D eigenvalue weighted by molar-refractivity contribution is -0.119. The molecule has 5 heteroatoms. The van der Waals surface area contributed by atoms with Gasteiger partial charge in [-0.2, -0.15) is 0 Å². The Balaban J connectivity index is 1.42. The predicted octanol–water partition coefficient (Wildman–Crippen LogP) is 9.08. The number of carbonyl (C=O) groups excluding carboxylic acids is 1. The van der Waals surface area contributed by atoms with Gasteiger partial charge in [0.25, 0.3) is 0 Å². The van der Waals surface area contributed by atoms with Crippen molar-refractivity contribution in [1.82, 2.24) is 9.55 Å². The van der Waals surface area contributed by atoms with E-state index in [9.17, 15) is 9.18 Å². The molecule has 1 saturated carbocycles. The summed E-state index contributed by atoms with van der Waals surface area (Å²) in [6, 6.07) is 14.1. The third kappa shape index (κ3) is 8.27. The molecule has 1 heterocycles. The molecule has 0 bridgehead atoms. The third-order valence-corrected chi connectivity index (χ3v) is 8.03. The second kappa shape index (κ2) is 14.8. The Kier molecular flexibility index (Phi) is 10.9. The zero-order valence-corrected chi connectivity index (χ0v) is 24.2. The highest BCUT2D eigenvalue weighted by Crippen LogP contribution is 2.33. The molecular formula is C35H43FN2O2. The number of unbranched alkanes of at least 4 members (excludes halogenated alkanes) is 1. The molecule has 2 aromatic carbocycles. The summed E-state index contributed by atoms with van der Waals surface area (Å²) < 4.78 is 20.8. The fourth-order valence-electron chi connectivity index (χ4n) is 5.72. The molecule has 1 fully saturated rings. The SMILES string of the molecule is CC=C(C=CCCC)CC1CCCC(CC(=O)Cc2nc(-c3ccc(OC)cc3)cn2-c2ccc(F)cc2)CC1. The number of ether oxygens (including phenoxy) is 1. The molecule has 40 heavy (non-hydrogen) atoms. The van der Waals surface area contributed by atoms with Crippen LogP contribution < -0.4 is 4.74 Å². The van der Waals surface area contributed by atoms with Crippen LogP contribution in [0.25, 0.3) is 16.9 Å². The number of carbonyl (C=O) groups is 1. The minimum atomic E-state index is -0.290. The summed E-state index contributed by atoms with van der Waals surface area (Å²) in [5.74, 6) is 2.51. The van der Waals surface area contributed by atoms with Crippen molar-refractivity contribution in [3.63, 3.8) is 0 Å². The van der Waals surface area contributed by atoms with Gasteiger partial charge in [0.1, 0.15) is 23.2 Å². The molecule has 2 atom stereocenters. The lowest BCUT2D eigenvalue weighted by Crippen LogP contribution is -2.13. The number of benzene rings is 2. The summed E-state index contributed by atoms with van der Waals surface area (Å²) in [6.07, 6.45) is 18.9. The number of nitrogens with zero attached hydrogens (tertiary/aromatic N) is 2. The summed E-state index contributed by atoms with van der Waals surface area (Å²) in [7, 11) is 1.64. The van der Waals surface area contributed by atoms with Crippen molar-refractivity contribution < 1.29 is 13.9 Å². The summed E-state index contributed by atoms with van der Waals surface area (Å²) in [5.41, 5.74) is 3.95. The molecule has 1 aliphatic rings. The molecule has 0 spiro atoms. The van der Waals surface area contributed by atoms with E-state index in [0.717, 1.165) is 48.4 Å². The van der Waals surface area contributed by atoms with Gasteiger partial charge in [-0.15, -0.1) is 0 Å². The molecule has 1 aliphatic carbocycles. The Morgan fingerprint density at radius 2 is 1.73 bits per heavy atom. The van der Waals surface area contributed by atoms with E-state index in [1.807, 2.05) is 35.0 Å². The van der Waals surface area contributed by atoms with E-state index < -0.39 is 0 Å². The molecule has 1 aromatic heterocycles. The van der Waals surface area contributed by atoms with Gasteiger partial charge in [-0.1, -0.05) is 56.4 Å². The average Bonchev–Trinajstić information content (AvgIpc) is 3.25.